The molecular weight excluding hydrogens is 516 g/mol. The van der Waals surface area contributed by atoms with Gasteiger partial charge in [0.2, 0.25) is 0 Å². The van der Waals surface area contributed by atoms with Gasteiger partial charge in [0.05, 0.1) is 0 Å². The van der Waals surface area contributed by atoms with E-state index in [1.54, 1.807) is 0 Å². The van der Waals surface area contributed by atoms with Crippen molar-refractivity contribution in [3.63, 3.8) is 0 Å². The predicted octanol–water partition coefficient (Wildman–Crippen LogP) is 6.65. The maximum Gasteiger partial charge on any atom is 0.179 e. The SMILES string of the molecule is Brc1ccc2ccccc2c1-c1cccc([Si](c2ccccc2)(c2ccccc2)c2ccccc2)c1. The van der Waals surface area contributed by atoms with Crippen LogP contribution in [0.4, 0.5) is 0 Å². The van der Waals surface area contributed by atoms with E-state index in [0.29, 0.717) is 0 Å². The molecular formula is C34H25BrSi. The summed E-state index contributed by atoms with van der Waals surface area (Å²) in [5, 5.41) is 8.04. The fraction of sp³-hybridized carbons (Fsp3) is 0. The second kappa shape index (κ2) is 9.73. The van der Waals surface area contributed by atoms with Gasteiger partial charge >= 0.3 is 0 Å². The van der Waals surface area contributed by atoms with E-state index in [1.165, 1.54) is 42.6 Å². The van der Waals surface area contributed by atoms with Crippen molar-refractivity contribution in [3.05, 3.63) is 156 Å². The largest absolute Gasteiger partial charge is 0.179 e. The van der Waals surface area contributed by atoms with Crippen LogP contribution in [-0.2, 0) is 0 Å². The van der Waals surface area contributed by atoms with Gasteiger partial charge in [-0.2, -0.15) is 0 Å². The Morgan fingerprint density at radius 1 is 0.417 bits per heavy atom. The summed E-state index contributed by atoms with van der Waals surface area (Å²) in [7, 11) is -2.56. The third-order valence-electron chi connectivity index (χ3n) is 7.08. The molecule has 0 nitrogen and oxygen atoms in total. The highest BCUT2D eigenvalue weighted by Crippen LogP contribution is 2.35. The lowest BCUT2D eigenvalue weighted by Crippen LogP contribution is -2.74. The molecule has 6 aromatic rings. The number of benzene rings is 6. The van der Waals surface area contributed by atoms with E-state index in [4.69, 9.17) is 0 Å². The van der Waals surface area contributed by atoms with Crippen molar-refractivity contribution in [2.24, 2.45) is 0 Å². The second-order valence-electron chi connectivity index (χ2n) is 9.07. The summed E-state index contributed by atoms with van der Waals surface area (Å²) in [6.45, 7) is 0. The minimum Gasteiger partial charge on any atom is -0.0623 e. The quantitative estimate of drug-likeness (QED) is 0.169. The maximum absolute atomic E-state index is 3.88. The molecule has 0 heterocycles. The van der Waals surface area contributed by atoms with Crippen LogP contribution < -0.4 is 20.7 Å². The Morgan fingerprint density at radius 2 is 0.917 bits per heavy atom. The van der Waals surface area contributed by atoms with E-state index < -0.39 is 8.07 Å². The molecule has 0 unspecified atom stereocenters. The Bertz CT molecular complexity index is 1530. The number of fused-ring (bicyclic) bond motifs is 1. The summed E-state index contributed by atoms with van der Waals surface area (Å²) in [6.07, 6.45) is 0. The van der Waals surface area contributed by atoms with E-state index in [1.807, 2.05) is 0 Å². The standard InChI is InChI=1S/C34H25BrSi/c35-33-24-23-26-13-10-11-22-32(26)34(33)27-14-12-21-31(25-27)36(28-15-4-1-5-16-28,29-17-6-2-7-18-29)30-19-8-3-9-20-30/h1-25H. The monoisotopic (exact) mass is 540 g/mol. The van der Waals surface area contributed by atoms with Gasteiger partial charge in [-0.05, 0) is 43.1 Å². The van der Waals surface area contributed by atoms with Gasteiger partial charge in [-0.25, -0.2) is 0 Å². The van der Waals surface area contributed by atoms with E-state index in [9.17, 15) is 0 Å². The molecule has 0 N–H and O–H groups in total. The van der Waals surface area contributed by atoms with Crippen LogP contribution in [0.25, 0.3) is 21.9 Å². The van der Waals surface area contributed by atoms with Crippen LogP contribution in [0.3, 0.4) is 0 Å². The third kappa shape index (κ3) is 3.83. The molecule has 0 saturated carbocycles. The number of rotatable bonds is 5. The molecule has 0 aromatic heterocycles. The first-order valence-electron chi connectivity index (χ1n) is 12.2. The lowest BCUT2D eigenvalue weighted by molar-refractivity contribution is 1.62. The summed E-state index contributed by atoms with van der Waals surface area (Å²) in [4.78, 5) is 0. The summed E-state index contributed by atoms with van der Waals surface area (Å²) in [5.74, 6) is 0. The lowest BCUT2D eigenvalue weighted by atomic mass is 9.98. The summed E-state index contributed by atoms with van der Waals surface area (Å²) in [6, 6.07) is 55.5. The highest BCUT2D eigenvalue weighted by atomic mass is 79.9. The molecule has 0 fully saturated rings. The molecule has 0 aliphatic heterocycles. The van der Waals surface area contributed by atoms with Gasteiger partial charge in [-0.15, -0.1) is 0 Å². The molecule has 0 saturated heterocycles. The zero-order valence-electron chi connectivity index (χ0n) is 19.8. The highest BCUT2D eigenvalue weighted by Gasteiger charge is 2.41. The molecule has 0 aliphatic rings. The molecule has 172 valence electrons. The van der Waals surface area contributed by atoms with E-state index in [2.05, 4.69) is 168 Å². The van der Waals surface area contributed by atoms with Crippen LogP contribution in [0, 0.1) is 0 Å². The Morgan fingerprint density at radius 3 is 1.50 bits per heavy atom. The predicted molar refractivity (Wildman–Crippen MR) is 161 cm³/mol. The van der Waals surface area contributed by atoms with Gasteiger partial charge in [0, 0.05) is 10.0 Å². The van der Waals surface area contributed by atoms with Crippen LogP contribution in [0.2, 0.25) is 0 Å². The second-order valence-corrected chi connectivity index (χ2v) is 13.7. The van der Waals surface area contributed by atoms with Crippen molar-refractivity contribution in [2.45, 2.75) is 0 Å². The minimum absolute atomic E-state index is 1.12. The van der Waals surface area contributed by atoms with Gasteiger partial charge in [0.25, 0.3) is 0 Å². The zero-order valence-corrected chi connectivity index (χ0v) is 22.4. The zero-order chi connectivity index (χ0) is 24.4. The molecule has 0 atom stereocenters. The van der Waals surface area contributed by atoms with Gasteiger partial charge in [-0.3, -0.25) is 0 Å². The Hall–Kier alpha value is -3.72. The minimum atomic E-state index is -2.56. The van der Waals surface area contributed by atoms with Crippen molar-refractivity contribution < 1.29 is 0 Å². The Kier molecular flexibility index (Phi) is 6.14. The van der Waals surface area contributed by atoms with Crippen molar-refractivity contribution in [3.8, 4) is 11.1 Å². The van der Waals surface area contributed by atoms with Gasteiger partial charge in [-0.1, -0.05) is 162 Å². The average Bonchev–Trinajstić information content (AvgIpc) is 2.95. The molecule has 0 amide bonds. The smallest absolute Gasteiger partial charge is 0.0623 e. The van der Waals surface area contributed by atoms with Gasteiger partial charge < -0.3 is 0 Å². The summed E-state index contributed by atoms with van der Waals surface area (Å²) < 4.78 is 1.12. The van der Waals surface area contributed by atoms with Crippen LogP contribution in [0.15, 0.2) is 156 Å². The van der Waals surface area contributed by atoms with Gasteiger partial charge in [0.1, 0.15) is 0 Å². The van der Waals surface area contributed by atoms with Crippen LogP contribution in [-0.4, -0.2) is 8.07 Å². The van der Waals surface area contributed by atoms with Gasteiger partial charge in [0.15, 0.2) is 8.07 Å². The average molecular weight is 542 g/mol. The maximum atomic E-state index is 3.88. The fourth-order valence-electron chi connectivity index (χ4n) is 5.51. The van der Waals surface area contributed by atoms with Crippen LogP contribution in [0.1, 0.15) is 0 Å². The topological polar surface area (TPSA) is 0 Å². The van der Waals surface area contributed by atoms with E-state index >= 15 is 0 Å². The molecule has 36 heavy (non-hydrogen) atoms. The molecule has 0 bridgehead atoms. The van der Waals surface area contributed by atoms with Crippen molar-refractivity contribution in [1.82, 2.24) is 0 Å². The van der Waals surface area contributed by atoms with Crippen LogP contribution in [0.5, 0.6) is 0 Å². The first-order chi connectivity index (χ1) is 17.8. The fourth-order valence-corrected chi connectivity index (χ4v) is 10.9. The molecule has 6 rings (SSSR count). The van der Waals surface area contributed by atoms with E-state index in [0.717, 1.165) is 4.47 Å². The highest BCUT2D eigenvalue weighted by molar-refractivity contribution is 9.10. The third-order valence-corrected chi connectivity index (χ3v) is 12.5. The Balaban J connectivity index is 1.70. The summed E-state index contributed by atoms with van der Waals surface area (Å²) >= 11 is 3.88. The molecule has 6 aromatic carbocycles. The normalized spacial score (nSPS) is 11.5. The van der Waals surface area contributed by atoms with Crippen LogP contribution >= 0.6 is 15.9 Å². The number of halogens is 1. The summed E-state index contributed by atoms with van der Waals surface area (Å²) in [5.41, 5.74) is 2.47. The molecule has 2 heteroatoms. The van der Waals surface area contributed by atoms with Crippen molar-refractivity contribution >= 4 is 55.5 Å². The van der Waals surface area contributed by atoms with E-state index in [-0.39, 0.29) is 0 Å². The Labute approximate surface area is 222 Å². The van der Waals surface area contributed by atoms with Crippen molar-refractivity contribution in [2.75, 3.05) is 0 Å². The number of hydrogen-bond donors (Lipinski definition) is 0. The molecule has 0 radical (unpaired) electrons. The number of hydrogen-bond acceptors (Lipinski definition) is 0. The first-order valence-corrected chi connectivity index (χ1v) is 15.0. The molecule has 0 aliphatic carbocycles. The lowest BCUT2D eigenvalue weighted by Gasteiger charge is -2.34. The van der Waals surface area contributed by atoms with Crippen molar-refractivity contribution in [1.29, 1.82) is 0 Å². The molecule has 0 spiro atoms. The first kappa shape index (κ1) is 22.7.